The molecule has 0 aromatic heterocycles. The molecular formula is C25H31NO12. The van der Waals surface area contributed by atoms with E-state index >= 15 is 0 Å². The van der Waals surface area contributed by atoms with Crippen molar-refractivity contribution in [1.29, 1.82) is 0 Å². The summed E-state index contributed by atoms with van der Waals surface area (Å²) in [6.07, 6.45) is -5.52. The van der Waals surface area contributed by atoms with E-state index in [0.717, 1.165) is 5.56 Å². The second-order valence-corrected chi connectivity index (χ2v) is 9.65. The molecule has 13 heteroatoms. The number of carboxylic acid groups (broad SMARTS) is 3. The monoisotopic (exact) mass is 537 g/mol. The number of rotatable bonds is 11. The molecule has 2 heterocycles. The van der Waals surface area contributed by atoms with Crippen LogP contribution in [0.2, 0.25) is 0 Å². The van der Waals surface area contributed by atoms with Crippen molar-refractivity contribution in [3.63, 3.8) is 0 Å². The average Bonchev–Trinajstić information content (AvgIpc) is 3.04. The fourth-order valence-electron chi connectivity index (χ4n) is 5.07. The Morgan fingerprint density at radius 3 is 2.21 bits per heavy atom. The molecule has 2 aliphatic heterocycles. The van der Waals surface area contributed by atoms with E-state index in [1.165, 1.54) is 6.92 Å². The zero-order valence-corrected chi connectivity index (χ0v) is 20.7. The minimum absolute atomic E-state index is 0.0449. The second kappa shape index (κ2) is 10.8. The van der Waals surface area contributed by atoms with Crippen molar-refractivity contribution < 1.29 is 59.3 Å². The molecule has 208 valence electrons. The number of ether oxygens (including phenoxy) is 2. The first-order valence-corrected chi connectivity index (χ1v) is 11.8. The van der Waals surface area contributed by atoms with Gasteiger partial charge in [-0.15, -0.1) is 0 Å². The number of carboxylic acids is 3. The molecule has 7 N–H and O–H groups in total. The molecule has 1 aromatic rings. The van der Waals surface area contributed by atoms with Gasteiger partial charge in [0.15, 0.2) is 5.79 Å². The summed E-state index contributed by atoms with van der Waals surface area (Å²) in [5.41, 5.74) is -5.61. The molecule has 0 unspecified atom stereocenters. The number of amides is 1. The third-order valence-electron chi connectivity index (χ3n) is 6.91. The van der Waals surface area contributed by atoms with E-state index in [9.17, 15) is 49.8 Å². The molecule has 38 heavy (non-hydrogen) atoms. The summed E-state index contributed by atoms with van der Waals surface area (Å²) < 4.78 is 10.7. The van der Waals surface area contributed by atoms with Gasteiger partial charge in [-0.1, -0.05) is 48.9 Å². The number of nitrogens with one attached hydrogen (secondary N) is 1. The van der Waals surface area contributed by atoms with Crippen LogP contribution in [-0.2, 0) is 35.1 Å². The topological polar surface area (TPSA) is 220 Å². The molecule has 2 bridgehead atoms. The van der Waals surface area contributed by atoms with Gasteiger partial charge in [-0.3, -0.25) is 4.79 Å². The summed E-state index contributed by atoms with van der Waals surface area (Å²) in [4.78, 5) is 47.7. The highest BCUT2D eigenvalue weighted by Gasteiger charge is 2.84. The second-order valence-electron chi connectivity index (χ2n) is 9.65. The van der Waals surface area contributed by atoms with Gasteiger partial charge >= 0.3 is 17.9 Å². The van der Waals surface area contributed by atoms with Crippen LogP contribution in [0.3, 0.4) is 0 Å². The minimum Gasteiger partial charge on any atom is -0.479 e. The summed E-state index contributed by atoms with van der Waals surface area (Å²) in [5.74, 6) is -9.46. The van der Waals surface area contributed by atoms with E-state index in [1.54, 1.807) is 0 Å². The van der Waals surface area contributed by atoms with Gasteiger partial charge in [-0.2, -0.15) is 0 Å². The maximum absolute atomic E-state index is 12.2. The van der Waals surface area contributed by atoms with Crippen LogP contribution >= 0.6 is 0 Å². The number of aliphatic hydroxyl groups is 3. The Kier molecular flexibility index (Phi) is 8.29. The van der Waals surface area contributed by atoms with Gasteiger partial charge in [0.25, 0.3) is 0 Å². The van der Waals surface area contributed by atoms with Crippen molar-refractivity contribution in [2.75, 3.05) is 6.54 Å². The lowest BCUT2D eigenvalue weighted by atomic mass is 9.74. The van der Waals surface area contributed by atoms with Crippen LogP contribution in [0.25, 0.3) is 0 Å². The molecule has 1 amide bonds. The number of hydrogen-bond donors (Lipinski definition) is 7. The Balaban J connectivity index is 1.96. The molecule has 0 spiro atoms. The van der Waals surface area contributed by atoms with Crippen LogP contribution in [0.15, 0.2) is 42.0 Å². The Hall–Kier alpha value is -3.36. The number of allylic oxidation sites excluding steroid dienone is 1. The van der Waals surface area contributed by atoms with Gasteiger partial charge in [0.05, 0.1) is 0 Å². The van der Waals surface area contributed by atoms with Gasteiger partial charge in [0.1, 0.15) is 12.2 Å². The maximum Gasteiger partial charge on any atom is 0.343 e. The maximum atomic E-state index is 12.2. The Morgan fingerprint density at radius 2 is 1.68 bits per heavy atom. The SMILES string of the molecule is CC(=O)NC/C(=C\[C@@H](C)Cc1ccccc1)CC[C@]12O[C@H](C(=O)O)[C@@](O)(C(=O)O)[C@](C(=O)O)(O1)[C@H](O)[C@H]2O. The third-order valence-corrected chi connectivity index (χ3v) is 6.91. The predicted octanol–water partition coefficient (Wildman–Crippen LogP) is -0.721. The fourth-order valence-corrected chi connectivity index (χ4v) is 5.07. The first-order chi connectivity index (χ1) is 17.7. The number of carbonyl (C=O) groups excluding carboxylic acids is 1. The first-order valence-electron chi connectivity index (χ1n) is 11.8. The quantitative estimate of drug-likeness (QED) is 0.174. The van der Waals surface area contributed by atoms with E-state index in [2.05, 4.69) is 5.32 Å². The number of fused-ring (bicyclic) bond motifs is 2. The third kappa shape index (κ3) is 4.90. The van der Waals surface area contributed by atoms with Gasteiger partial charge in [0, 0.05) is 19.9 Å². The molecule has 1 aromatic carbocycles. The van der Waals surface area contributed by atoms with Crippen LogP contribution < -0.4 is 5.32 Å². The summed E-state index contributed by atoms with van der Waals surface area (Å²) in [6, 6.07) is 9.54. The Morgan fingerprint density at radius 1 is 1.05 bits per heavy atom. The first kappa shape index (κ1) is 29.2. The smallest absolute Gasteiger partial charge is 0.343 e. The summed E-state index contributed by atoms with van der Waals surface area (Å²) >= 11 is 0. The van der Waals surface area contributed by atoms with Crippen molar-refractivity contribution in [2.45, 2.75) is 68.4 Å². The molecule has 2 aliphatic rings. The predicted molar refractivity (Wildman–Crippen MR) is 127 cm³/mol. The van der Waals surface area contributed by atoms with Gasteiger partial charge in [0.2, 0.25) is 23.2 Å². The molecular weight excluding hydrogens is 506 g/mol. The highest BCUT2D eigenvalue weighted by Crippen LogP contribution is 2.54. The van der Waals surface area contributed by atoms with Crippen LogP contribution in [0.5, 0.6) is 0 Å². The van der Waals surface area contributed by atoms with Crippen molar-refractivity contribution in [3.05, 3.63) is 47.5 Å². The van der Waals surface area contributed by atoms with Crippen LogP contribution in [-0.4, -0.2) is 96.3 Å². The summed E-state index contributed by atoms with van der Waals surface area (Å²) in [6.45, 7) is 3.28. The van der Waals surface area contributed by atoms with Gasteiger partial charge < -0.3 is 45.4 Å². The minimum atomic E-state index is -3.79. The van der Waals surface area contributed by atoms with Crippen LogP contribution in [0.4, 0.5) is 0 Å². The van der Waals surface area contributed by atoms with Crippen LogP contribution in [0, 0.1) is 5.92 Å². The zero-order chi connectivity index (χ0) is 28.5. The Labute approximate surface area is 217 Å². The van der Waals surface area contributed by atoms with E-state index in [-0.39, 0.29) is 24.8 Å². The number of hydrogen-bond acceptors (Lipinski definition) is 9. The van der Waals surface area contributed by atoms with Crippen molar-refractivity contribution in [1.82, 2.24) is 5.32 Å². The largest absolute Gasteiger partial charge is 0.479 e. The number of aliphatic carboxylic acids is 3. The lowest BCUT2D eigenvalue weighted by Gasteiger charge is -2.48. The summed E-state index contributed by atoms with van der Waals surface area (Å²) in [5, 5.41) is 64.0. The highest BCUT2D eigenvalue weighted by molar-refractivity contribution is 5.97. The fraction of sp³-hybridized carbons (Fsp3) is 0.520. The lowest BCUT2D eigenvalue weighted by molar-refractivity contribution is -0.373. The molecule has 0 aliphatic carbocycles. The number of benzene rings is 1. The van der Waals surface area contributed by atoms with Gasteiger partial charge in [-0.05, 0) is 24.3 Å². The van der Waals surface area contributed by atoms with E-state index < -0.39 is 59.6 Å². The highest BCUT2D eigenvalue weighted by atomic mass is 16.8. The van der Waals surface area contributed by atoms with Crippen molar-refractivity contribution in [3.8, 4) is 0 Å². The zero-order valence-electron chi connectivity index (χ0n) is 20.7. The number of carbonyl (C=O) groups is 4. The molecule has 2 saturated heterocycles. The standard InChI is InChI=1S/C25H31NO12/c1-13(10-15-6-4-3-5-7-15)11-16(12-26-14(2)27)8-9-23-17(28)18(29)25(38-23,22(34)35)24(36,21(32)33)19(37-23)20(30)31/h3-7,11,13,17-19,28-29,36H,8-10,12H2,1-2H3,(H,26,27)(H,30,31)(H,32,33)(H,34,35)/b16-11-/t13-,17+,18+,19+,23-,24+,25-/m0/s1. The van der Waals surface area contributed by atoms with Crippen molar-refractivity contribution >= 4 is 23.8 Å². The van der Waals surface area contributed by atoms with E-state index in [1.807, 2.05) is 43.3 Å². The molecule has 0 radical (unpaired) electrons. The molecule has 13 nitrogen and oxygen atoms in total. The molecule has 7 atom stereocenters. The number of aliphatic hydroxyl groups excluding tert-OH is 2. The van der Waals surface area contributed by atoms with Crippen LogP contribution in [0.1, 0.15) is 32.3 Å². The average molecular weight is 538 g/mol. The molecule has 2 fully saturated rings. The lowest BCUT2D eigenvalue weighted by Crippen LogP contribution is -2.77. The molecule has 0 saturated carbocycles. The normalized spacial score (nSPS) is 33.4. The van der Waals surface area contributed by atoms with Gasteiger partial charge in [-0.25, -0.2) is 14.4 Å². The van der Waals surface area contributed by atoms with Crippen molar-refractivity contribution in [2.24, 2.45) is 5.92 Å². The van der Waals surface area contributed by atoms with E-state index in [4.69, 9.17) is 9.47 Å². The summed E-state index contributed by atoms with van der Waals surface area (Å²) in [7, 11) is 0. The van der Waals surface area contributed by atoms with E-state index in [0.29, 0.717) is 12.0 Å². The Bertz CT molecular complexity index is 1120. The molecule has 3 rings (SSSR count).